The van der Waals surface area contributed by atoms with Gasteiger partial charge < -0.3 is 15.2 Å². The molecule has 0 radical (unpaired) electrons. The lowest BCUT2D eigenvalue weighted by molar-refractivity contribution is 0.102. The summed E-state index contributed by atoms with van der Waals surface area (Å²) in [6.07, 6.45) is 0. The Morgan fingerprint density at radius 1 is 1.17 bits per heavy atom. The highest BCUT2D eigenvalue weighted by Gasteiger charge is 2.11. The van der Waals surface area contributed by atoms with Gasteiger partial charge in [0.05, 0.1) is 11.3 Å². The molecule has 2 N–H and O–H groups in total. The number of anilines is 3. The Morgan fingerprint density at radius 2 is 2.00 bits per heavy atom. The molecule has 0 aliphatic carbocycles. The van der Waals surface area contributed by atoms with E-state index in [9.17, 15) is 4.79 Å². The quantitative estimate of drug-likeness (QED) is 0.758. The van der Waals surface area contributed by atoms with Crippen molar-refractivity contribution in [3.63, 3.8) is 0 Å². The van der Waals surface area contributed by atoms with Crippen molar-refractivity contribution < 1.29 is 9.32 Å². The molecule has 24 heavy (non-hydrogen) atoms. The molecular formula is C16H12N6O2. The molecule has 3 aromatic rings. The van der Waals surface area contributed by atoms with Crippen molar-refractivity contribution >= 4 is 23.2 Å². The third-order valence-electron chi connectivity index (χ3n) is 3.08. The highest BCUT2D eigenvalue weighted by Crippen LogP contribution is 2.16. The number of amides is 1. The van der Waals surface area contributed by atoms with Gasteiger partial charge in [-0.15, -0.1) is 10.2 Å². The van der Waals surface area contributed by atoms with E-state index in [0.717, 1.165) is 0 Å². The lowest BCUT2D eigenvalue weighted by Gasteiger charge is -2.06. The van der Waals surface area contributed by atoms with Crippen molar-refractivity contribution in [2.24, 2.45) is 0 Å². The molecule has 0 unspecified atom stereocenters. The molecule has 0 fully saturated rings. The van der Waals surface area contributed by atoms with Gasteiger partial charge in [-0.25, -0.2) is 0 Å². The summed E-state index contributed by atoms with van der Waals surface area (Å²) in [4.78, 5) is 12.2. The fraction of sp³-hybridized carbons (Fsp3) is 0.0625. The standard InChI is InChI=1S/C16H12N6O2/c1-10-8-15(22-24-10)19-14-7-6-13(20-21-14)16(23)18-12-5-3-2-4-11(12)9-17/h2-8H,1H3,(H,18,23)(H,19,21,22). The van der Waals surface area contributed by atoms with Gasteiger partial charge >= 0.3 is 0 Å². The van der Waals surface area contributed by atoms with Crippen molar-refractivity contribution in [2.45, 2.75) is 6.92 Å². The van der Waals surface area contributed by atoms with Crippen molar-refractivity contribution in [3.8, 4) is 6.07 Å². The Morgan fingerprint density at radius 3 is 2.67 bits per heavy atom. The maximum Gasteiger partial charge on any atom is 0.276 e. The normalized spacial score (nSPS) is 10.0. The molecule has 0 spiro atoms. The Hall–Kier alpha value is -3.73. The minimum atomic E-state index is -0.450. The van der Waals surface area contributed by atoms with Crippen LogP contribution in [0.5, 0.6) is 0 Å². The van der Waals surface area contributed by atoms with Crippen LogP contribution in [-0.2, 0) is 0 Å². The van der Waals surface area contributed by atoms with Crippen LogP contribution in [0, 0.1) is 18.3 Å². The van der Waals surface area contributed by atoms with Crippen LogP contribution in [0.3, 0.4) is 0 Å². The maximum absolute atomic E-state index is 12.2. The first kappa shape index (κ1) is 15.2. The summed E-state index contributed by atoms with van der Waals surface area (Å²) in [5, 5.41) is 26.1. The molecule has 2 aromatic heterocycles. The molecule has 8 heteroatoms. The summed E-state index contributed by atoms with van der Waals surface area (Å²) in [5.41, 5.74) is 0.926. The Bertz CT molecular complexity index is 911. The Labute approximate surface area is 137 Å². The molecule has 0 saturated heterocycles. The second-order valence-corrected chi connectivity index (χ2v) is 4.86. The first-order valence-corrected chi connectivity index (χ1v) is 7.00. The highest BCUT2D eigenvalue weighted by atomic mass is 16.5. The molecule has 3 rings (SSSR count). The van der Waals surface area contributed by atoms with Crippen LogP contribution in [0.1, 0.15) is 21.8 Å². The predicted octanol–water partition coefficient (Wildman–Crippen LogP) is 2.64. The van der Waals surface area contributed by atoms with E-state index in [1.165, 1.54) is 6.07 Å². The van der Waals surface area contributed by atoms with E-state index in [-0.39, 0.29) is 5.69 Å². The van der Waals surface area contributed by atoms with Crippen LogP contribution in [0.2, 0.25) is 0 Å². The second-order valence-electron chi connectivity index (χ2n) is 4.86. The predicted molar refractivity (Wildman–Crippen MR) is 85.7 cm³/mol. The number of rotatable bonds is 4. The molecule has 2 heterocycles. The SMILES string of the molecule is Cc1cc(Nc2ccc(C(=O)Nc3ccccc3C#N)nn2)no1. The second kappa shape index (κ2) is 6.58. The van der Waals surface area contributed by atoms with Crippen LogP contribution in [0.15, 0.2) is 47.0 Å². The summed E-state index contributed by atoms with van der Waals surface area (Å²) >= 11 is 0. The molecule has 0 bridgehead atoms. The summed E-state index contributed by atoms with van der Waals surface area (Å²) in [6, 6.07) is 13.6. The number of nitrogens with one attached hydrogen (secondary N) is 2. The van der Waals surface area contributed by atoms with Crippen LogP contribution in [-0.4, -0.2) is 21.3 Å². The van der Waals surface area contributed by atoms with Crippen molar-refractivity contribution in [1.29, 1.82) is 5.26 Å². The number of aryl methyl sites for hydroxylation is 1. The first-order chi connectivity index (χ1) is 11.7. The van der Waals surface area contributed by atoms with E-state index in [4.69, 9.17) is 9.78 Å². The van der Waals surface area contributed by atoms with Crippen molar-refractivity contribution in [2.75, 3.05) is 10.6 Å². The lowest BCUT2D eigenvalue weighted by atomic mass is 10.2. The molecule has 0 aliphatic heterocycles. The fourth-order valence-electron chi connectivity index (χ4n) is 1.95. The van der Waals surface area contributed by atoms with Gasteiger partial charge in [0.1, 0.15) is 11.8 Å². The molecule has 8 nitrogen and oxygen atoms in total. The molecule has 0 atom stereocenters. The number of hydrogen-bond acceptors (Lipinski definition) is 7. The summed E-state index contributed by atoms with van der Waals surface area (Å²) < 4.78 is 4.94. The topological polar surface area (TPSA) is 117 Å². The van der Waals surface area contributed by atoms with E-state index in [0.29, 0.717) is 28.6 Å². The monoisotopic (exact) mass is 320 g/mol. The molecule has 1 aromatic carbocycles. The summed E-state index contributed by atoms with van der Waals surface area (Å²) in [7, 11) is 0. The number of hydrogen-bond donors (Lipinski definition) is 2. The first-order valence-electron chi connectivity index (χ1n) is 7.00. The van der Waals surface area contributed by atoms with Gasteiger partial charge in [0, 0.05) is 6.07 Å². The lowest BCUT2D eigenvalue weighted by Crippen LogP contribution is -2.15. The van der Waals surface area contributed by atoms with Gasteiger partial charge in [0.25, 0.3) is 5.91 Å². The minimum Gasteiger partial charge on any atom is -0.360 e. The van der Waals surface area contributed by atoms with E-state index in [1.54, 1.807) is 43.3 Å². The van der Waals surface area contributed by atoms with E-state index in [2.05, 4.69) is 26.0 Å². The average Bonchev–Trinajstić information content (AvgIpc) is 3.01. The van der Waals surface area contributed by atoms with Crippen molar-refractivity contribution in [1.82, 2.24) is 15.4 Å². The van der Waals surface area contributed by atoms with Crippen LogP contribution >= 0.6 is 0 Å². The van der Waals surface area contributed by atoms with Gasteiger partial charge in [-0.2, -0.15) is 5.26 Å². The summed E-state index contributed by atoms with van der Waals surface area (Å²) in [5.74, 6) is 1.14. The van der Waals surface area contributed by atoms with Gasteiger partial charge in [0.2, 0.25) is 0 Å². The average molecular weight is 320 g/mol. The zero-order valence-corrected chi connectivity index (χ0v) is 12.6. The third kappa shape index (κ3) is 3.36. The molecular weight excluding hydrogens is 308 g/mol. The number of carbonyl (C=O) groups excluding carboxylic acids is 1. The molecule has 1 amide bonds. The number of nitrogens with zero attached hydrogens (tertiary/aromatic N) is 4. The zero-order valence-electron chi connectivity index (χ0n) is 12.6. The Kier molecular flexibility index (Phi) is 4.16. The van der Waals surface area contributed by atoms with E-state index >= 15 is 0 Å². The number of aromatic nitrogens is 3. The smallest absolute Gasteiger partial charge is 0.276 e. The molecule has 0 saturated carbocycles. The van der Waals surface area contributed by atoms with Crippen LogP contribution in [0.4, 0.5) is 17.3 Å². The number of para-hydroxylation sites is 1. The number of nitriles is 1. The number of carbonyl (C=O) groups is 1. The third-order valence-corrected chi connectivity index (χ3v) is 3.08. The summed E-state index contributed by atoms with van der Waals surface area (Å²) in [6.45, 7) is 1.77. The Balaban J connectivity index is 1.71. The molecule has 118 valence electrons. The number of benzene rings is 1. The van der Waals surface area contributed by atoms with E-state index in [1.807, 2.05) is 6.07 Å². The van der Waals surface area contributed by atoms with Crippen molar-refractivity contribution in [3.05, 3.63) is 59.5 Å². The highest BCUT2D eigenvalue weighted by molar-refractivity contribution is 6.03. The van der Waals surface area contributed by atoms with Crippen LogP contribution in [0.25, 0.3) is 0 Å². The van der Waals surface area contributed by atoms with E-state index < -0.39 is 5.91 Å². The minimum absolute atomic E-state index is 0.129. The zero-order chi connectivity index (χ0) is 16.9. The molecule has 0 aliphatic rings. The van der Waals surface area contributed by atoms with Gasteiger partial charge in [-0.1, -0.05) is 17.3 Å². The van der Waals surface area contributed by atoms with Crippen LogP contribution < -0.4 is 10.6 Å². The maximum atomic E-state index is 12.2. The van der Waals surface area contributed by atoms with Gasteiger partial charge in [0.15, 0.2) is 17.3 Å². The largest absolute Gasteiger partial charge is 0.360 e. The van der Waals surface area contributed by atoms with Gasteiger partial charge in [-0.05, 0) is 31.2 Å². The van der Waals surface area contributed by atoms with Gasteiger partial charge in [-0.3, -0.25) is 4.79 Å². The fourth-order valence-corrected chi connectivity index (χ4v) is 1.95.